The van der Waals surface area contributed by atoms with E-state index in [0.29, 0.717) is 18.5 Å². The average Bonchev–Trinajstić information content (AvgIpc) is 2.86. The number of ether oxygens (including phenoxy) is 1. The Morgan fingerprint density at radius 2 is 2.04 bits per heavy atom. The molecular formula is C18H18N2O3. The van der Waals surface area contributed by atoms with E-state index < -0.39 is 0 Å². The Morgan fingerprint density at radius 3 is 2.83 bits per heavy atom. The van der Waals surface area contributed by atoms with Gasteiger partial charge in [0.05, 0.1) is 13.5 Å². The molecule has 5 heteroatoms. The number of rotatable bonds is 4. The van der Waals surface area contributed by atoms with E-state index in [1.165, 1.54) is 0 Å². The van der Waals surface area contributed by atoms with Crippen LogP contribution in [0.2, 0.25) is 0 Å². The number of hydrogen-bond acceptors (Lipinski definition) is 3. The molecule has 23 heavy (non-hydrogen) atoms. The van der Waals surface area contributed by atoms with Crippen molar-refractivity contribution in [2.75, 3.05) is 19.1 Å². The van der Waals surface area contributed by atoms with Gasteiger partial charge < -0.3 is 15.0 Å². The van der Waals surface area contributed by atoms with Crippen LogP contribution >= 0.6 is 0 Å². The minimum atomic E-state index is -0.166. The van der Waals surface area contributed by atoms with E-state index in [9.17, 15) is 9.59 Å². The van der Waals surface area contributed by atoms with Gasteiger partial charge in [-0.15, -0.1) is 0 Å². The Balaban J connectivity index is 1.72. The van der Waals surface area contributed by atoms with Crippen molar-refractivity contribution in [1.29, 1.82) is 0 Å². The molecule has 0 aromatic heterocycles. The molecule has 5 nitrogen and oxygen atoms in total. The highest BCUT2D eigenvalue weighted by Crippen LogP contribution is 2.28. The number of hydrogen-bond donors (Lipinski definition) is 1. The van der Waals surface area contributed by atoms with Gasteiger partial charge in [-0.2, -0.15) is 0 Å². The number of methoxy groups -OCH3 is 1. The minimum Gasteiger partial charge on any atom is -0.496 e. The summed E-state index contributed by atoms with van der Waals surface area (Å²) < 4.78 is 5.27. The molecular weight excluding hydrogens is 292 g/mol. The van der Waals surface area contributed by atoms with Crippen LogP contribution in [-0.2, 0) is 17.8 Å². The summed E-state index contributed by atoms with van der Waals surface area (Å²) in [5.74, 6) is 0.626. The van der Waals surface area contributed by atoms with Gasteiger partial charge in [-0.3, -0.25) is 9.59 Å². The van der Waals surface area contributed by atoms with Crippen LogP contribution in [0.15, 0.2) is 42.5 Å². The molecule has 2 aromatic rings. The van der Waals surface area contributed by atoms with Crippen LogP contribution in [0, 0.1) is 0 Å². The first kappa shape index (κ1) is 15.1. The number of fused-ring (bicyclic) bond motifs is 1. The fraction of sp³-hybridized carbons (Fsp3) is 0.222. The van der Waals surface area contributed by atoms with E-state index in [-0.39, 0.29) is 11.8 Å². The molecule has 2 amide bonds. The summed E-state index contributed by atoms with van der Waals surface area (Å²) >= 11 is 0. The quantitative estimate of drug-likeness (QED) is 0.941. The Bertz CT molecular complexity index is 771. The molecule has 0 spiro atoms. The second-order valence-corrected chi connectivity index (χ2v) is 5.47. The van der Waals surface area contributed by atoms with E-state index in [2.05, 4.69) is 5.32 Å². The van der Waals surface area contributed by atoms with E-state index in [4.69, 9.17) is 4.74 Å². The molecule has 118 valence electrons. The van der Waals surface area contributed by atoms with Crippen LogP contribution in [0.4, 0.5) is 5.69 Å². The number of carbonyl (C=O) groups excluding carboxylic acids is 2. The Morgan fingerprint density at radius 1 is 1.26 bits per heavy atom. The molecule has 1 heterocycles. The summed E-state index contributed by atoms with van der Waals surface area (Å²) in [5.41, 5.74) is 3.24. The number of benzene rings is 2. The van der Waals surface area contributed by atoms with Crippen molar-refractivity contribution in [2.24, 2.45) is 0 Å². The number of carbonyl (C=O) groups is 2. The smallest absolute Gasteiger partial charge is 0.251 e. The molecule has 0 fully saturated rings. The monoisotopic (exact) mass is 310 g/mol. The van der Waals surface area contributed by atoms with Gasteiger partial charge in [0.1, 0.15) is 5.75 Å². The molecule has 0 saturated heterocycles. The lowest BCUT2D eigenvalue weighted by Crippen LogP contribution is -2.23. The van der Waals surface area contributed by atoms with Crippen LogP contribution < -0.4 is 15.0 Å². The van der Waals surface area contributed by atoms with Crippen molar-refractivity contribution >= 4 is 17.5 Å². The van der Waals surface area contributed by atoms with E-state index >= 15 is 0 Å². The zero-order valence-electron chi connectivity index (χ0n) is 13.1. The minimum absolute atomic E-state index is 0.0478. The first-order valence-corrected chi connectivity index (χ1v) is 7.39. The Kier molecular flexibility index (Phi) is 4.02. The first-order chi connectivity index (χ1) is 11.1. The highest BCUT2D eigenvalue weighted by atomic mass is 16.5. The largest absolute Gasteiger partial charge is 0.496 e. The molecule has 0 radical (unpaired) electrons. The lowest BCUT2D eigenvalue weighted by Gasteiger charge is -2.11. The van der Waals surface area contributed by atoms with Gasteiger partial charge in [0.15, 0.2) is 0 Å². The summed E-state index contributed by atoms with van der Waals surface area (Å²) in [6.07, 6.45) is 0.347. The number of amides is 2. The molecule has 0 saturated carbocycles. The Hall–Kier alpha value is -2.82. The third-order valence-electron chi connectivity index (χ3n) is 4.05. The van der Waals surface area contributed by atoms with Crippen LogP contribution in [0.5, 0.6) is 5.75 Å². The summed E-state index contributed by atoms with van der Waals surface area (Å²) in [5, 5.41) is 2.89. The standard InChI is InChI=1S/C18H18N2O3/c1-20-15-8-7-12(9-14(15)10-17(20)21)18(22)19-11-13-5-3-4-6-16(13)23-2/h3-9H,10-11H2,1-2H3,(H,19,22). The molecule has 1 aliphatic rings. The number of para-hydroxylation sites is 1. The molecule has 3 rings (SSSR count). The normalized spacial score (nSPS) is 13.0. The van der Waals surface area contributed by atoms with Gasteiger partial charge in [0.2, 0.25) is 5.91 Å². The maximum Gasteiger partial charge on any atom is 0.251 e. The molecule has 1 aliphatic heterocycles. The van der Waals surface area contributed by atoms with Gasteiger partial charge in [-0.25, -0.2) is 0 Å². The van der Waals surface area contributed by atoms with E-state index in [1.54, 1.807) is 31.2 Å². The van der Waals surface area contributed by atoms with Crippen LogP contribution in [-0.4, -0.2) is 26.0 Å². The predicted molar refractivity (Wildman–Crippen MR) is 87.7 cm³/mol. The van der Waals surface area contributed by atoms with E-state index in [0.717, 1.165) is 22.6 Å². The number of likely N-dealkylation sites (N-methyl/N-ethyl adjacent to an activating group) is 1. The highest BCUT2D eigenvalue weighted by Gasteiger charge is 2.24. The van der Waals surface area contributed by atoms with Crippen LogP contribution in [0.25, 0.3) is 0 Å². The molecule has 0 aliphatic carbocycles. The van der Waals surface area contributed by atoms with Crippen molar-refractivity contribution in [3.05, 3.63) is 59.2 Å². The number of nitrogens with one attached hydrogen (secondary N) is 1. The molecule has 0 bridgehead atoms. The third kappa shape index (κ3) is 2.90. The van der Waals surface area contributed by atoms with Crippen LogP contribution in [0.1, 0.15) is 21.5 Å². The predicted octanol–water partition coefficient (Wildman–Crippen LogP) is 2.14. The maximum atomic E-state index is 12.3. The molecule has 1 N–H and O–H groups in total. The van der Waals surface area contributed by atoms with Crippen LogP contribution in [0.3, 0.4) is 0 Å². The summed E-state index contributed by atoms with van der Waals surface area (Å²) in [4.78, 5) is 25.7. The van der Waals surface area contributed by atoms with Gasteiger partial charge in [-0.1, -0.05) is 18.2 Å². The van der Waals surface area contributed by atoms with Crippen molar-refractivity contribution in [1.82, 2.24) is 5.32 Å². The zero-order chi connectivity index (χ0) is 16.4. The third-order valence-corrected chi connectivity index (χ3v) is 4.05. The maximum absolute atomic E-state index is 12.3. The van der Waals surface area contributed by atoms with Crippen molar-refractivity contribution < 1.29 is 14.3 Å². The molecule has 0 unspecified atom stereocenters. The molecule has 0 atom stereocenters. The lowest BCUT2D eigenvalue weighted by atomic mass is 10.1. The second kappa shape index (κ2) is 6.12. The second-order valence-electron chi connectivity index (χ2n) is 5.47. The fourth-order valence-corrected chi connectivity index (χ4v) is 2.74. The Labute approximate surface area is 134 Å². The lowest BCUT2D eigenvalue weighted by molar-refractivity contribution is -0.117. The first-order valence-electron chi connectivity index (χ1n) is 7.39. The summed E-state index contributed by atoms with van der Waals surface area (Å²) in [6.45, 7) is 0.388. The van der Waals surface area contributed by atoms with Gasteiger partial charge in [-0.05, 0) is 29.8 Å². The average molecular weight is 310 g/mol. The van der Waals surface area contributed by atoms with Gasteiger partial charge >= 0.3 is 0 Å². The van der Waals surface area contributed by atoms with Crippen molar-refractivity contribution in [2.45, 2.75) is 13.0 Å². The summed E-state index contributed by atoms with van der Waals surface area (Å²) in [7, 11) is 3.35. The molecule has 2 aromatic carbocycles. The van der Waals surface area contributed by atoms with Gasteiger partial charge in [0.25, 0.3) is 5.91 Å². The summed E-state index contributed by atoms with van der Waals surface area (Å²) in [6, 6.07) is 12.9. The fourth-order valence-electron chi connectivity index (χ4n) is 2.74. The number of anilines is 1. The van der Waals surface area contributed by atoms with Crippen molar-refractivity contribution in [3.63, 3.8) is 0 Å². The SMILES string of the molecule is COc1ccccc1CNC(=O)c1ccc2c(c1)CC(=O)N2C. The van der Waals surface area contributed by atoms with Gasteiger partial charge in [0, 0.05) is 30.4 Å². The van der Waals surface area contributed by atoms with Crippen molar-refractivity contribution in [3.8, 4) is 5.75 Å². The zero-order valence-corrected chi connectivity index (χ0v) is 13.1. The topological polar surface area (TPSA) is 58.6 Å². The number of nitrogens with zero attached hydrogens (tertiary/aromatic N) is 1. The highest BCUT2D eigenvalue weighted by molar-refractivity contribution is 6.03. The van der Waals surface area contributed by atoms with E-state index in [1.807, 2.05) is 30.3 Å².